The highest BCUT2D eigenvalue weighted by Crippen LogP contribution is 2.31. The molecule has 4 rings (SSSR count). The van der Waals surface area contributed by atoms with Crippen LogP contribution in [0.1, 0.15) is 52.2 Å². The topological polar surface area (TPSA) is 51.0 Å². The van der Waals surface area contributed by atoms with Crippen molar-refractivity contribution in [2.24, 2.45) is 11.8 Å². The van der Waals surface area contributed by atoms with Crippen molar-refractivity contribution in [1.82, 2.24) is 19.7 Å². The van der Waals surface area contributed by atoms with Gasteiger partial charge in [-0.3, -0.25) is 9.36 Å². The van der Waals surface area contributed by atoms with E-state index in [1.807, 2.05) is 17.0 Å². The van der Waals surface area contributed by atoms with Crippen LogP contribution in [0.4, 0.5) is 0 Å². The summed E-state index contributed by atoms with van der Waals surface area (Å²) in [6, 6.07) is 16.8. The molecule has 2 aromatic carbocycles. The molecule has 2 unspecified atom stereocenters. The maximum Gasteiger partial charge on any atom is 0.233 e. The molecule has 6 heteroatoms. The average molecular weight is 477 g/mol. The molecule has 180 valence electrons. The number of likely N-dealkylation sites (tertiary alicyclic amines) is 1. The number of aryl methyl sites for hydroxylation is 1. The molecule has 1 aliphatic rings. The Labute approximate surface area is 208 Å². The van der Waals surface area contributed by atoms with Crippen molar-refractivity contribution in [3.8, 4) is 17.1 Å². The van der Waals surface area contributed by atoms with Gasteiger partial charge in [0.1, 0.15) is 0 Å². The van der Waals surface area contributed by atoms with Gasteiger partial charge in [-0.2, -0.15) is 0 Å². The first-order valence-electron chi connectivity index (χ1n) is 12.2. The van der Waals surface area contributed by atoms with Crippen LogP contribution in [0.3, 0.4) is 0 Å². The summed E-state index contributed by atoms with van der Waals surface area (Å²) >= 11 is 1.48. The van der Waals surface area contributed by atoms with Crippen molar-refractivity contribution in [3.05, 3.63) is 59.7 Å². The van der Waals surface area contributed by atoms with Crippen LogP contribution in [-0.4, -0.2) is 44.4 Å². The van der Waals surface area contributed by atoms with E-state index in [0.29, 0.717) is 17.6 Å². The molecule has 1 fully saturated rings. The molecule has 5 nitrogen and oxygen atoms in total. The van der Waals surface area contributed by atoms with Gasteiger partial charge in [0, 0.05) is 18.7 Å². The van der Waals surface area contributed by atoms with Crippen LogP contribution in [0.2, 0.25) is 0 Å². The molecule has 0 spiro atoms. The number of carbonyl (C=O) groups excluding carboxylic acids is 1. The van der Waals surface area contributed by atoms with Crippen molar-refractivity contribution in [3.63, 3.8) is 0 Å². The first-order chi connectivity index (χ1) is 16.1. The van der Waals surface area contributed by atoms with Crippen LogP contribution in [0.25, 0.3) is 17.1 Å². The van der Waals surface area contributed by atoms with Crippen molar-refractivity contribution >= 4 is 17.7 Å². The quantitative estimate of drug-likeness (QED) is 0.415. The molecule has 2 atom stereocenters. The van der Waals surface area contributed by atoms with Crippen LogP contribution in [0.15, 0.2) is 53.7 Å². The predicted octanol–water partition coefficient (Wildman–Crippen LogP) is 6.14. The maximum absolute atomic E-state index is 13.0. The molecule has 1 saturated heterocycles. The van der Waals surface area contributed by atoms with Gasteiger partial charge in [0.05, 0.1) is 11.4 Å². The van der Waals surface area contributed by atoms with Gasteiger partial charge in [-0.05, 0) is 47.8 Å². The van der Waals surface area contributed by atoms with E-state index in [4.69, 9.17) is 0 Å². The molecule has 0 bridgehead atoms. The molecule has 2 heterocycles. The minimum Gasteiger partial charge on any atom is -0.341 e. The van der Waals surface area contributed by atoms with Crippen LogP contribution < -0.4 is 0 Å². The van der Waals surface area contributed by atoms with E-state index in [9.17, 15) is 4.79 Å². The number of hydrogen-bond acceptors (Lipinski definition) is 4. The first-order valence-corrected chi connectivity index (χ1v) is 13.1. The van der Waals surface area contributed by atoms with Crippen LogP contribution in [-0.2, 0) is 10.2 Å². The number of rotatable bonds is 5. The zero-order chi connectivity index (χ0) is 24.5. The Morgan fingerprint density at radius 1 is 1.00 bits per heavy atom. The summed E-state index contributed by atoms with van der Waals surface area (Å²) in [5, 5.41) is 9.86. The molecule has 1 amide bonds. The first kappa shape index (κ1) is 24.5. The largest absolute Gasteiger partial charge is 0.341 e. The molecule has 1 aliphatic heterocycles. The molecular formula is C28H36N4OS. The Morgan fingerprint density at radius 2 is 1.65 bits per heavy atom. The van der Waals surface area contributed by atoms with Gasteiger partial charge in [0.25, 0.3) is 0 Å². The van der Waals surface area contributed by atoms with E-state index >= 15 is 0 Å². The molecule has 0 N–H and O–H groups in total. The molecular weight excluding hydrogens is 440 g/mol. The van der Waals surface area contributed by atoms with Gasteiger partial charge in [0.2, 0.25) is 5.91 Å². The SMILES string of the molecule is Cc1ccccc1-n1c(SCC(=O)N2CC(C)CC(C)C2)nnc1-c1ccc(C(C)(C)C)cc1. The zero-order valence-corrected chi connectivity index (χ0v) is 22.0. The van der Waals surface area contributed by atoms with Crippen molar-refractivity contribution < 1.29 is 4.79 Å². The summed E-state index contributed by atoms with van der Waals surface area (Å²) in [7, 11) is 0. The highest BCUT2D eigenvalue weighted by molar-refractivity contribution is 7.99. The molecule has 1 aromatic heterocycles. The Balaban J connectivity index is 1.64. The summed E-state index contributed by atoms with van der Waals surface area (Å²) in [6.45, 7) is 14.9. The maximum atomic E-state index is 13.0. The minimum absolute atomic E-state index is 0.0903. The van der Waals surface area contributed by atoms with Gasteiger partial charge < -0.3 is 4.90 Å². The van der Waals surface area contributed by atoms with Crippen LogP contribution in [0.5, 0.6) is 0 Å². The van der Waals surface area contributed by atoms with Crippen molar-refractivity contribution in [2.45, 2.75) is 58.5 Å². The van der Waals surface area contributed by atoms with Gasteiger partial charge in [0.15, 0.2) is 11.0 Å². The Kier molecular flexibility index (Phi) is 7.17. The lowest BCUT2D eigenvalue weighted by Crippen LogP contribution is -2.43. The Bertz CT molecular complexity index is 1140. The Morgan fingerprint density at radius 3 is 2.26 bits per heavy atom. The summed E-state index contributed by atoms with van der Waals surface area (Å²) in [4.78, 5) is 15.1. The summed E-state index contributed by atoms with van der Waals surface area (Å²) in [5.74, 6) is 2.45. The smallest absolute Gasteiger partial charge is 0.233 e. The third-order valence-corrected chi connectivity index (χ3v) is 7.46. The molecule has 34 heavy (non-hydrogen) atoms. The lowest BCUT2D eigenvalue weighted by atomic mass is 9.87. The number of para-hydroxylation sites is 1. The lowest BCUT2D eigenvalue weighted by Gasteiger charge is -2.35. The van der Waals surface area contributed by atoms with Crippen molar-refractivity contribution in [2.75, 3.05) is 18.8 Å². The Hall–Kier alpha value is -2.60. The van der Waals surface area contributed by atoms with E-state index in [2.05, 4.69) is 92.7 Å². The third-order valence-electron chi connectivity index (χ3n) is 6.55. The number of hydrogen-bond donors (Lipinski definition) is 0. The van der Waals surface area contributed by atoms with Crippen LogP contribution >= 0.6 is 11.8 Å². The van der Waals surface area contributed by atoms with Gasteiger partial charge >= 0.3 is 0 Å². The third kappa shape index (κ3) is 5.38. The fraction of sp³-hybridized carbons (Fsp3) is 0.464. The second kappa shape index (κ2) is 9.95. The number of piperidine rings is 1. The van der Waals surface area contributed by atoms with Gasteiger partial charge in [-0.15, -0.1) is 10.2 Å². The molecule has 0 radical (unpaired) electrons. The van der Waals surface area contributed by atoms with Gasteiger partial charge in [-0.25, -0.2) is 0 Å². The van der Waals surface area contributed by atoms with E-state index in [1.165, 1.54) is 23.7 Å². The number of benzene rings is 2. The summed E-state index contributed by atoms with van der Waals surface area (Å²) in [5.41, 5.74) is 4.57. The fourth-order valence-electron chi connectivity index (χ4n) is 4.79. The summed E-state index contributed by atoms with van der Waals surface area (Å²) < 4.78 is 2.10. The molecule has 0 aliphatic carbocycles. The highest BCUT2D eigenvalue weighted by atomic mass is 32.2. The van der Waals surface area contributed by atoms with Gasteiger partial charge in [-0.1, -0.05) is 88.8 Å². The minimum atomic E-state index is 0.0903. The number of nitrogens with zero attached hydrogens (tertiary/aromatic N) is 4. The number of amides is 1. The number of carbonyl (C=O) groups is 1. The van der Waals surface area contributed by atoms with E-state index in [0.717, 1.165) is 40.9 Å². The lowest BCUT2D eigenvalue weighted by molar-refractivity contribution is -0.130. The monoisotopic (exact) mass is 476 g/mol. The average Bonchev–Trinajstić information content (AvgIpc) is 3.20. The fourth-order valence-corrected chi connectivity index (χ4v) is 5.63. The van der Waals surface area contributed by atoms with E-state index in [-0.39, 0.29) is 11.3 Å². The second-order valence-corrected chi connectivity index (χ2v) is 11.7. The predicted molar refractivity (Wildman–Crippen MR) is 140 cm³/mol. The number of thioether (sulfide) groups is 1. The van der Waals surface area contributed by atoms with Crippen LogP contribution in [0, 0.1) is 18.8 Å². The second-order valence-electron chi connectivity index (χ2n) is 10.8. The molecule has 3 aromatic rings. The number of aromatic nitrogens is 3. The normalized spacial score (nSPS) is 18.8. The van der Waals surface area contributed by atoms with E-state index in [1.54, 1.807) is 0 Å². The highest BCUT2D eigenvalue weighted by Gasteiger charge is 2.26. The standard InChI is InChI=1S/C28H36N4OS/c1-19-15-20(2)17-31(16-19)25(33)18-34-27-30-29-26(32(27)24-10-8-7-9-21(24)3)22-11-13-23(14-12-22)28(4,5)6/h7-14,19-20H,15-18H2,1-6H3. The van der Waals surface area contributed by atoms with Crippen molar-refractivity contribution in [1.29, 1.82) is 0 Å². The molecule has 0 saturated carbocycles. The zero-order valence-electron chi connectivity index (χ0n) is 21.2. The summed E-state index contributed by atoms with van der Waals surface area (Å²) in [6.07, 6.45) is 1.19. The van der Waals surface area contributed by atoms with E-state index < -0.39 is 0 Å².